The second-order valence-electron chi connectivity index (χ2n) is 8.03. The Labute approximate surface area is 162 Å². The number of likely N-dealkylation sites (tertiary alicyclic amines) is 3. The van der Waals surface area contributed by atoms with Gasteiger partial charge in [0.1, 0.15) is 0 Å². The molecule has 3 rings (SSSR count). The predicted octanol–water partition coefficient (Wildman–Crippen LogP) is 2.46. The first-order valence-electron chi connectivity index (χ1n) is 10.6. The quantitative estimate of drug-likeness (QED) is 0.663. The number of carbonyl (C=O) groups is 2. The van der Waals surface area contributed by atoms with E-state index in [9.17, 15) is 9.59 Å². The average Bonchev–Trinajstić information content (AvgIpc) is 3.22. The van der Waals surface area contributed by atoms with Crippen LogP contribution in [-0.4, -0.2) is 83.3 Å². The first-order chi connectivity index (χ1) is 12.7. The fourth-order valence-corrected chi connectivity index (χ4v) is 5.40. The van der Waals surface area contributed by atoms with Crippen molar-refractivity contribution in [2.45, 2.75) is 57.9 Å². The van der Waals surface area contributed by atoms with Crippen LogP contribution in [0.3, 0.4) is 0 Å². The zero-order valence-corrected chi connectivity index (χ0v) is 17.1. The van der Waals surface area contributed by atoms with Crippen molar-refractivity contribution < 1.29 is 9.59 Å². The van der Waals surface area contributed by atoms with Crippen molar-refractivity contribution in [2.75, 3.05) is 50.8 Å². The number of amides is 2. The molecule has 0 saturated carbocycles. The van der Waals surface area contributed by atoms with Crippen molar-refractivity contribution in [3.63, 3.8) is 0 Å². The summed E-state index contributed by atoms with van der Waals surface area (Å²) in [4.78, 5) is 31.7. The molecule has 0 spiro atoms. The first-order valence-corrected chi connectivity index (χ1v) is 11.7. The number of thioether (sulfide) groups is 1. The molecule has 0 aromatic carbocycles. The minimum absolute atomic E-state index is 0.201. The smallest absolute Gasteiger partial charge is 0.232 e. The van der Waals surface area contributed by atoms with Gasteiger partial charge in [0.2, 0.25) is 11.8 Å². The van der Waals surface area contributed by atoms with Crippen LogP contribution in [0.1, 0.15) is 51.9 Å². The van der Waals surface area contributed by atoms with E-state index < -0.39 is 0 Å². The third-order valence-electron chi connectivity index (χ3n) is 6.13. The Kier molecular flexibility index (Phi) is 7.67. The maximum Gasteiger partial charge on any atom is 0.232 e. The van der Waals surface area contributed by atoms with Crippen LogP contribution in [0.5, 0.6) is 0 Å². The lowest BCUT2D eigenvalue weighted by atomic mass is 9.93. The van der Waals surface area contributed by atoms with Crippen LogP contribution in [0.25, 0.3) is 0 Å². The fourth-order valence-electron chi connectivity index (χ4n) is 4.61. The highest BCUT2D eigenvalue weighted by Gasteiger charge is 2.34. The molecular formula is C20H35N3O2S. The summed E-state index contributed by atoms with van der Waals surface area (Å²) in [6.45, 7) is 7.91. The Morgan fingerprint density at radius 3 is 2.35 bits per heavy atom. The van der Waals surface area contributed by atoms with Crippen LogP contribution in [0.15, 0.2) is 0 Å². The summed E-state index contributed by atoms with van der Waals surface area (Å²) in [6, 6.07) is 0.552. The zero-order chi connectivity index (χ0) is 18.4. The summed E-state index contributed by atoms with van der Waals surface area (Å²) in [6.07, 6.45) is 7.79. The van der Waals surface area contributed by atoms with E-state index >= 15 is 0 Å². The van der Waals surface area contributed by atoms with Gasteiger partial charge in [-0.05, 0) is 57.2 Å². The molecule has 1 unspecified atom stereocenters. The number of nitrogens with zero attached hydrogens (tertiary/aromatic N) is 3. The molecule has 3 fully saturated rings. The summed E-state index contributed by atoms with van der Waals surface area (Å²) in [7, 11) is 0. The zero-order valence-electron chi connectivity index (χ0n) is 16.3. The molecule has 3 heterocycles. The number of hydrogen-bond donors (Lipinski definition) is 0. The molecule has 26 heavy (non-hydrogen) atoms. The molecule has 5 nitrogen and oxygen atoms in total. The molecule has 3 aliphatic heterocycles. The second kappa shape index (κ2) is 9.98. The molecule has 0 radical (unpaired) electrons. The monoisotopic (exact) mass is 381 g/mol. The molecular weight excluding hydrogens is 346 g/mol. The molecule has 1 atom stereocenters. The van der Waals surface area contributed by atoms with Gasteiger partial charge in [-0.3, -0.25) is 14.5 Å². The summed E-state index contributed by atoms with van der Waals surface area (Å²) in [5.41, 5.74) is 0. The van der Waals surface area contributed by atoms with Gasteiger partial charge in [0, 0.05) is 38.8 Å². The molecule has 0 aromatic heterocycles. The Balaban J connectivity index is 1.43. The lowest BCUT2D eigenvalue weighted by molar-refractivity contribution is -0.136. The third-order valence-corrected chi connectivity index (χ3v) is 7.28. The predicted molar refractivity (Wildman–Crippen MR) is 107 cm³/mol. The van der Waals surface area contributed by atoms with Crippen LogP contribution in [-0.2, 0) is 9.59 Å². The topological polar surface area (TPSA) is 43.9 Å². The van der Waals surface area contributed by atoms with Crippen LogP contribution in [0, 0.1) is 5.92 Å². The van der Waals surface area contributed by atoms with Crippen molar-refractivity contribution in [3.8, 4) is 0 Å². The van der Waals surface area contributed by atoms with E-state index in [1.165, 1.54) is 12.8 Å². The van der Waals surface area contributed by atoms with E-state index in [1.807, 2.05) is 0 Å². The number of rotatable bonds is 6. The standard InChI is InChI=1S/C20H35N3O2S/c1-2-14-26-16-19(24)21-12-7-18(8-13-21)23-11-5-6-17(15-23)20(25)22-9-3-4-10-22/h17-18H,2-16H2,1H3. The highest BCUT2D eigenvalue weighted by atomic mass is 32.2. The van der Waals surface area contributed by atoms with Gasteiger partial charge in [0.15, 0.2) is 0 Å². The lowest BCUT2D eigenvalue weighted by Crippen LogP contribution is -2.52. The Morgan fingerprint density at radius 1 is 0.923 bits per heavy atom. The highest BCUT2D eigenvalue weighted by Crippen LogP contribution is 2.26. The van der Waals surface area contributed by atoms with E-state index in [2.05, 4.69) is 21.6 Å². The maximum absolute atomic E-state index is 12.7. The van der Waals surface area contributed by atoms with E-state index in [-0.39, 0.29) is 5.92 Å². The van der Waals surface area contributed by atoms with Crippen molar-refractivity contribution in [1.29, 1.82) is 0 Å². The minimum atomic E-state index is 0.201. The van der Waals surface area contributed by atoms with Crippen LogP contribution < -0.4 is 0 Å². The van der Waals surface area contributed by atoms with Crippen LogP contribution in [0.4, 0.5) is 0 Å². The summed E-state index contributed by atoms with van der Waals surface area (Å²) >= 11 is 1.76. The summed E-state index contributed by atoms with van der Waals surface area (Å²) in [5.74, 6) is 2.61. The van der Waals surface area contributed by atoms with Crippen molar-refractivity contribution in [1.82, 2.24) is 14.7 Å². The summed E-state index contributed by atoms with van der Waals surface area (Å²) in [5, 5.41) is 0. The van der Waals surface area contributed by atoms with E-state index in [0.717, 1.165) is 77.1 Å². The third kappa shape index (κ3) is 5.16. The van der Waals surface area contributed by atoms with Gasteiger partial charge < -0.3 is 9.80 Å². The van der Waals surface area contributed by atoms with Gasteiger partial charge in [-0.1, -0.05) is 6.92 Å². The van der Waals surface area contributed by atoms with Crippen LogP contribution >= 0.6 is 11.8 Å². The molecule has 2 amide bonds. The van der Waals surface area contributed by atoms with Crippen molar-refractivity contribution >= 4 is 23.6 Å². The van der Waals surface area contributed by atoms with Gasteiger partial charge in [-0.2, -0.15) is 11.8 Å². The second-order valence-corrected chi connectivity index (χ2v) is 9.14. The molecule has 0 aromatic rings. The molecule has 3 aliphatic rings. The molecule has 0 bridgehead atoms. The van der Waals surface area contributed by atoms with Gasteiger partial charge in [-0.25, -0.2) is 0 Å². The molecule has 0 aliphatic carbocycles. The number of carbonyl (C=O) groups excluding carboxylic acids is 2. The summed E-state index contributed by atoms with van der Waals surface area (Å²) < 4.78 is 0. The van der Waals surface area contributed by atoms with Crippen LogP contribution in [0.2, 0.25) is 0 Å². The van der Waals surface area contributed by atoms with Crippen molar-refractivity contribution in [3.05, 3.63) is 0 Å². The van der Waals surface area contributed by atoms with Crippen molar-refractivity contribution in [2.24, 2.45) is 5.92 Å². The van der Waals surface area contributed by atoms with E-state index in [0.29, 0.717) is 23.6 Å². The molecule has 3 saturated heterocycles. The van der Waals surface area contributed by atoms with Gasteiger partial charge in [0.25, 0.3) is 0 Å². The number of hydrogen-bond acceptors (Lipinski definition) is 4. The Bertz CT molecular complexity index is 474. The molecule has 148 valence electrons. The maximum atomic E-state index is 12.7. The van der Waals surface area contributed by atoms with E-state index in [1.54, 1.807) is 11.8 Å². The highest BCUT2D eigenvalue weighted by molar-refractivity contribution is 7.99. The average molecular weight is 382 g/mol. The van der Waals surface area contributed by atoms with Gasteiger partial charge >= 0.3 is 0 Å². The Morgan fingerprint density at radius 2 is 1.65 bits per heavy atom. The van der Waals surface area contributed by atoms with Gasteiger partial charge in [-0.15, -0.1) is 0 Å². The Hall–Kier alpha value is -0.750. The van der Waals surface area contributed by atoms with Gasteiger partial charge in [0.05, 0.1) is 11.7 Å². The number of piperidine rings is 2. The molecule has 6 heteroatoms. The fraction of sp³-hybridized carbons (Fsp3) is 0.900. The largest absolute Gasteiger partial charge is 0.342 e. The lowest BCUT2D eigenvalue weighted by Gasteiger charge is -2.42. The first kappa shape index (κ1) is 20.0. The molecule has 0 N–H and O–H groups in total. The minimum Gasteiger partial charge on any atom is -0.342 e. The normalized spacial score (nSPS) is 25.7. The van der Waals surface area contributed by atoms with E-state index in [4.69, 9.17) is 0 Å². The SMILES string of the molecule is CCCSCC(=O)N1CCC(N2CCCC(C(=O)N3CCCC3)C2)CC1.